The number of ether oxygens (including phenoxy) is 2. The first-order valence-electron chi connectivity index (χ1n) is 7.80. The highest BCUT2D eigenvalue weighted by atomic mass is 16.5. The molecule has 0 saturated carbocycles. The van der Waals surface area contributed by atoms with Crippen molar-refractivity contribution in [3.63, 3.8) is 0 Å². The van der Waals surface area contributed by atoms with Gasteiger partial charge in [0.1, 0.15) is 23.6 Å². The highest BCUT2D eigenvalue weighted by Gasteiger charge is 2.18. The minimum atomic E-state index is -0.120. The van der Waals surface area contributed by atoms with Gasteiger partial charge in [-0.05, 0) is 38.1 Å². The van der Waals surface area contributed by atoms with Crippen LogP contribution in [0.2, 0.25) is 0 Å². The molecule has 0 aliphatic heterocycles. The van der Waals surface area contributed by atoms with Gasteiger partial charge in [0, 0.05) is 0 Å². The Morgan fingerprint density at radius 2 is 1.00 bits per heavy atom. The third-order valence-electron chi connectivity index (χ3n) is 3.52. The number of benzene rings is 2. The van der Waals surface area contributed by atoms with Crippen LogP contribution in [0.25, 0.3) is 0 Å². The SMILES string of the molecule is Cc1ccc(Oc2nc(C#N)c(C#N)nc2Oc2ccc(C)cc2)cc1. The van der Waals surface area contributed by atoms with Crippen LogP contribution in [-0.2, 0) is 0 Å². The quantitative estimate of drug-likeness (QED) is 0.697. The lowest BCUT2D eigenvalue weighted by Gasteiger charge is -2.11. The lowest BCUT2D eigenvalue weighted by molar-refractivity contribution is 0.390. The molecule has 0 fully saturated rings. The van der Waals surface area contributed by atoms with E-state index < -0.39 is 0 Å². The van der Waals surface area contributed by atoms with Crippen LogP contribution in [0.4, 0.5) is 0 Å². The van der Waals surface area contributed by atoms with Gasteiger partial charge in [0.2, 0.25) is 0 Å². The first-order chi connectivity index (χ1) is 12.6. The molecule has 6 nitrogen and oxygen atoms in total. The Labute approximate surface area is 150 Å². The van der Waals surface area contributed by atoms with Gasteiger partial charge in [-0.1, -0.05) is 35.4 Å². The summed E-state index contributed by atoms with van der Waals surface area (Å²) in [6, 6.07) is 18.3. The van der Waals surface area contributed by atoms with Crippen molar-refractivity contribution >= 4 is 0 Å². The largest absolute Gasteiger partial charge is 0.435 e. The summed E-state index contributed by atoms with van der Waals surface area (Å²) in [6.07, 6.45) is 0. The molecule has 0 spiro atoms. The van der Waals surface area contributed by atoms with E-state index >= 15 is 0 Å². The van der Waals surface area contributed by atoms with Gasteiger partial charge < -0.3 is 9.47 Å². The Kier molecular flexibility index (Phi) is 4.78. The summed E-state index contributed by atoms with van der Waals surface area (Å²) in [6.45, 7) is 3.93. The van der Waals surface area contributed by atoms with Gasteiger partial charge in [0.15, 0.2) is 11.4 Å². The Morgan fingerprint density at radius 3 is 1.31 bits per heavy atom. The van der Waals surface area contributed by atoms with Crippen molar-refractivity contribution in [2.75, 3.05) is 0 Å². The van der Waals surface area contributed by atoms with Gasteiger partial charge in [0.25, 0.3) is 11.8 Å². The molecule has 0 unspecified atom stereocenters. The van der Waals surface area contributed by atoms with Crippen molar-refractivity contribution in [1.29, 1.82) is 10.5 Å². The lowest BCUT2D eigenvalue weighted by Crippen LogP contribution is -2.02. The third kappa shape index (κ3) is 3.77. The number of nitrogens with zero attached hydrogens (tertiary/aromatic N) is 4. The van der Waals surface area contributed by atoms with Gasteiger partial charge in [-0.15, -0.1) is 0 Å². The molecule has 1 heterocycles. The highest BCUT2D eigenvalue weighted by molar-refractivity contribution is 5.44. The molecule has 0 amide bonds. The van der Waals surface area contributed by atoms with E-state index in [0.717, 1.165) is 11.1 Å². The van der Waals surface area contributed by atoms with Crippen LogP contribution in [0.3, 0.4) is 0 Å². The average molecular weight is 342 g/mol. The summed E-state index contributed by atoms with van der Waals surface area (Å²) >= 11 is 0. The zero-order valence-electron chi connectivity index (χ0n) is 14.2. The molecule has 6 heteroatoms. The minimum absolute atomic E-state index is 0.0185. The molecule has 0 aliphatic carbocycles. The molecular formula is C20H14N4O2. The van der Waals surface area contributed by atoms with E-state index in [2.05, 4.69) is 9.97 Å². The summed E-state index contributed by atoms with van der Waals surface area (Å²) in [4.78, 5) is 8.20. The monoisotopic (exact) mass is 342 g/mol. The van der Waals surface area contributed by atoms with Crippen molar-refractivity contribution < 1.29 is 9.47 Å². The van der Waals surface area contributed by atoms with E-state index in [1.165, 1.54) is 0 Å². The number of hydrogen-bond donors (Lipinski definition) is 0. The molecule has 0 bridgehead atoms. The van der Waals surface area contributed by atoms with E-state index in [4.69, 9.17) is 9.47 Å². The first kappa shape index (κ1) is 16.9. The van der Waals surface area contributed by atoms with E-state index in [1.807, 2.05) is 50.3 Å². The second-order valence-electron chi connectivity index (χ2n) is 5.58. The highest BCUT2D eigenvalue weighted by Crippen LogP contribution is 2.32. The molecule has 0 atom stereocenters. The van der Waals surface area contributed by atoms with Crippen molar-refractivity contribution in [2.24, 2.45) is 0 Å². The first-order valence-corrected chi connectivity index (χ1v) is 7.80. The molecule has 1 aromatic heterocycles. The van der Waals surface area contributed by atoms with Crippen molar-refractivity contribution in [2.45, 2.75) is 13.8 Å². The minimum Gasteiger partial charge on any atom is -0.435 e. The van der Waals surface area contributed by atoms with Crippen LogP contribution in [0, 0.1) is 36.5 Å². The van der Waals surface area contributed by atoms with Gasteiger partial charge in [-0.25, -0.2) is 0 Å². The summed E-state index contributed by atoms with van der Waals surface area (Å²) in [5, 5.41) is 18.4. The zero-order chi connectivity index (χ0) is 18.5. The summed E-state index contributed by atoms with van der Waals surface area (Å²) in [5.74, 6) is 1.08. The van der Waals surface area contributed by atoms with E-state index in [1.54, 1.807) is 24.3 Å². The fourth-order valence-electron chi connectivity index (χ4n) is 2.13. The van der Waals surface area contributed by atoms with Gasteiger partial charge in [0.05, 0.1) is 0 Å². The lowest BCUT2D eigenvalue weighted by atomic mass is 10.2. The summed E-state index contributed by atoms with van der Waals surface area (Å²) < 4.78 is 11.5. The molecule has 3 rings (SSSR count). The molecule has 126 valence electrons. The summed E-state index contributed by atoms with van der Waals surface area (Å²) in [5.41, 5.74) is 1.92. The normalized spacial score (nSPS) is 9.85. The number of nitriles is 2. The maximum Gasteiger partial charge on any atom is 0.285 e. The Bertz CT molecular complexity index is 929. The van der Waals surface area contributed by atoms with Gasteiger partial charge in [-0.3, -0.25) is 0 Å². The van der Waals surface area contributed by atoms with Crippen LogP contribution >= 0.6 is 0 Å². The maximum absolute atomic E-state index is 9.19. The number of aryl methyl sites for hydroxylation is 2. The second kappa shape index (κ2) is 7.33. The van der Waals surface area contributed by atoms with E-state index in [0.29, 0.717) is 11.5 Å². The topological polar surface area (TPSA) is 91.8 Å². The number of hydrogen-bond acceptors (Lipinski definition) is 6. The van der Waals surface area contributed by atoms with Gasteiger partial charge >= 0.3 is 0 Å². The number of rotatable bonds is 4. The molecule has 3 aromatic rings. The molecule has 2 aromatic carbocycles. The van der Waals surface area contributed by atoms with Crippen molar-refractivity contribution in [3.8, 4) is 35.4 Å². The molecule has 0 N–H and O–H groups in total. The average Bonchev–Trinajstić information content (AvgIpc) is 2.66. The van der Waals surface area contributed by atoms with E-state index in [9.17, 15) is 10.5 Å². The Hall–Kier alpha value is -3.90. The van der Waals surface area contributed by atoms with Crippen molar-refractivity contribution in [1.82, 2.24) is 9.97 Å². The predicted molar refractivity (Wildman–Crippen MR) is 94.0 cm³/mol. The second-order valence-corrected chi connectivity index (χ2v) is 5.58. The Morgan fingerprint density at radius 1 is 0.654 bits per heavy atom. The standard InChI is InChI=1S/C20H14N4O2/c1-13-3-7-15(8-4-13)25-19-20(24-18(12-22)17(11-21)23-19)26-16-9-5-14(2)6-10-16/h3-10H,1-2H3. The zero-order valence-corrected chi connectivity index (χ0v) is 14.2. The Balaban J connectivity index is 2.02. The summed E-state index contributed by atoms with van der Waals surface area (Å²) in [7, 11) is 0. The fraction of sp³-hybridized carbons (Fsp3) is 0.100. The maximum atomic E-state index is 9.19. The fourth-order valence-corrected chi connectivity index (χ4v) is 2.13. The molecule has 0 aliphatic rings. The van der Waals surface area contributed by atoms with Crippen LogP contribution < -0.4 is 9.47 Å². The predicted octanol–water partition coefficient (Wildman–Crippen LogP) is 4.42. The van der Waals surface area contributed by atoms with Crippen molar-refractivity contribution in [3.05, 3.63) is 71.0 Å². The smallest absolute Gasteiger partial charge is 0.285 e. The molecule has 0 radical (unpaired) electrons. The molecule has 26 heavy (non-hydrogen) atoms. The van der Waals surface area contributed by atoms with Gasteiger partial charge in [-0.2, -0.15) is 20.5 Å². The number of aromatic nitrogens is 2. The molecule has 0 saturated heterocycles. The van der Waals surface area contributed by atoms with Crippen LogP contribution in [0.15, 0.2) is 48.5 Å². The molecular weight excluding hydrogens is 328 g/mol. The van der Waals surface area contributed by atoms with Crippen LogP contribution in [-0.4, -0.2) is 9.97 Å². The van der Waals surface area contributed by atoms with Crippen LogP contribution in [0.1, 0.15) is 22.5 Å². The van der Waals surface area contributed by atoms with E-state index in [-0.39, 0.29) is 23.1 Å². The third-order valence-corrected chi connectivity index (χ3v) is 3.52. The van der Waals surface area contributed by atoms with Crippen LogP contribution in [0.5, 0.6) is 23.3 Å².